The number of nitrogens with zero attached hydrogens (tertiary/aromatic N) is 1. The zero-order valence-corrected chi connectivity index (χ0v) is 20.0. The van der Waals surface area contributed by atoms with Crippen LogP contribution in [0.1, 0.15) is 16.7 Å². The van der Waals surface area contributed by atoms with Crippen molar-refractivity contribution in [1.29, 1.82) is 0 Å². The van der Waals surface area contributed by atoms with Crippen LogP contribution in [0.5, 0.6) is 0 Å². The van der Waals surface area contributed by atoms with Crippen molar-refractivity contribution in [2.24, 2.45) is 0 Å². The maximum absolute atomic E-state index is 13.4. The van der Waals surface area contributed by atoms with Crippen molar-refractivity contribution in [2.45, 2.75) is 25.7 Å². The molecule has 3 aromatic rings. The molecule has 32 heavy (non-hydrogen) atoms. The molecule has 162 valence electrons. The Morgan fingerprint density at radius 3 is 2.09 bits per heavy atom. The fraction of sp³-hybridized carbons (Fsp3) is 0.120. The number of carbonyl (C=O) groups excluding carboxylic acids is 2. The summed E-state index contributed by atoms with van der Waals surface area (Å²) >= 11 is 13.5. The van der Waals surface area contributed by atoms with Crippen LogP contribution in [0.25, 0.3) is 0 Å². The summed E-state index contributed by atoms with van der Waals surface area (Å²) in [6, 6.07) is 18.2. The summed E-state index contributed by atoms with van der Waals surface area (Å²) in [5.74, 6) is -0.827. The molecule has 1 heterocycles. The lowest BCUT2D eigenvalue weighted by Crippen LogP contribution is -2.32. The molecule has 0 aromatic heterocycles. The highest BCUT2D eigenvalue weighted by Gasteiger charge is 2.40. The van der Waals surface area contributed by atoms with Crippen molar-refractivity contribution in [3.05, 3.63) is 98.0 Å². The molecule has 2 amide bonds. The molecule has 3 aromatic carbocycles. The molecule has 0 saturated carbocycles. The second-order valence-electron chi connectivity index (χ2n) is 7.64. The lowest BCUT2D eigenvalue weighted by Gasteiger charge is -2.16. The second-order valence-corrected chi connectivity index (χ2v) is 9.57. The van der Waals surface area contributed by atoms with Gasteiger partial charge in [-0.3, -0.25) is 9.59 Å². The van der Waals surface area contributed by atoms with Crippen LogP contribution >= 0.6 is 35.0 Å². The lowest BCUT2D eigenvalue weighted by atomic mass is 10.1. The molecule has 4 rings (SSSR count). The summed E-state index contributed by atoms with van der Waals surface area (Å²) in [6.45, 7) is 5.84. The quantitative estimate of drug-likeness (QED) is 0.401. The fourth-order valence-corrected chi connectivity index (χ4v) is 4.71. The molecular weight excluding hydrogens is 463 g/mol. The van der Waals surface area contributed by atoms with E-state index in [9.17, 15) is 9.59 Å². The first-order valence-corrected chi connectivity index (χ1v) is 11.5. The van der Waals surface area contributed by atoms with Crippen LogP contribution in [0.4, 0.5) is 11.4 Å². The van der Waals surface area contributed by atoms with Gasteiger partial charge in [-0.25, -0.2) is 4.90 Å². The molecule has 4 nitrogen and oxygen atoms in total. The van der Waals surface area contributed by atoms with Crippen LogP contribution in [0.2, 0.25) is 10.0 Å². The molecule has 0 unspecified atom stereocenters. The summed E-state index contributed by atoms with van der Waals surface area (Å²) in [7, 11) is 0. The number of amides is 2. The van der Waals surface area contributed by atoms with Crippen molar-refractivity contribution < 1.29 is 9.59 Å². The number of thioether (sulfide) groups is 1. The number of benzene rings is 3. The fourth-order valence-electron chi connectivity index (χ4n) is 3.48. The van der Waals surface area contributed by atoms with Crippen LogP contribution in [-0.4, -0.2) is 11.8 Å². The van der Waals surface area contributed by atoms with Gasteiger partial charge in [0.25, 0.3) is 11.8 Å². The third-order valence-corrected chi connectivity index (χ3v) is 6.73. The van der Waals surface area contributed by atoms with E-state index in [4.69, 9.17) is 23.2 Å². The average Bonchev–Trinajstić information content (AvgIpc) is 2.95. The molecule has 1 aliphatic rings. The van der Waals surface area contributed by atoms with Crippen molar-refractivity contribution in [2.75, 3.05) is 10.2 Å². The van der Waals surface area contributed by atoms with Gasteiger partial charge in [-0.05, 0) is 86.0 Å². The van der Waals surface area contributed by atoms with Crippen molar-refractivity contribution in [3.63, 3.8) is 0 Å². The largest absolute Gasteiger partial charge is 0.350 e. The maximum atomic E-state index is 13.4. The number of imide groups is 1. The Balaban J connectivity index is 1.77. The van der Waals surface area contributed by atoms with Gasteiger partial charge in [-0.15, -0.1) is 0 Å². The number of carbonyl (C=O) groups is 2. The van der Waals surface area contributed by atoms with Crippen LogP contribution < -0.4 is 10.2 Å². The van der Waals surface area contributed by atoms with Crippen LogP contribution in [-0.2, 0) is 9.59 Å². The SMILES string of the molecule is Cc1cc(C)cc(NC2=C(Sc3ccc(Cl)cc3)C(=O)N(c3ccc(C)c(Cl)c3)C2=O)c1. The van der Waals surface area contributed by atoms with Gasteiger partial charge in [0, 0.05) is 20.6 Å². The minimum atomic E-state index is -0.425. The summed E-state index contributed by atoms with van der Waals surface area (Å²) < 4.78 is 0. The first-order chi connectivity index (χ1) is 15.2. The van der Waals surface area contributed by atoms with E-state index in [1.165, 1.54) is 11.8 Å². The standard InChI is InChI=1S/C25H20Cl2N2O2S/c1-14-10-15(2)12-18(11-14)28-22-23(32-20-8-5-17(26)6-9-20)25(31)29(24(22)30)19-7-4-16(3)21(27)13-19/h4-13,28H,1-3H3. The minimum absolute atomic E-state index is 0.233. The third-order valence-electron chi connectivity index (χ3n) is 4.98. The Labute approximate surface area is 201 Å². The predicted molar refractivity (Wildman–Crippen MR) is 133 cm³/mol. The van der Waals surface area contributed by atoms with E-state index in [2.05, 4.69) is 5.32 Å². The maximum Gasteiger partial charge on any atom is 0.283 e. The summed E-state index contributed by atoms with van der Waals surface area (Å²) in [5, 5.41) is 4.29. The molecule has 0 spiro atoms. The molecule has 0 atom stereocenters. The normalized spacial score (nSPS) is 13.8. The van der Waals surface area contributed by atoms with Gasteiger partial charge in [-0.1, -0.05) is 47.1 Å². The Kier molecular flexibility index (Phi) is 6.33. The van der Waals surface area contributed by atoms with Gasteiger partial charge >= 0.3 is 0 Å². The Morgan fingerprint density at radius 1 is 0.812 bits per heavy atom. The van der Waals surface area contributed by atoms with Gasteiger partial charge in [-0.2, -0.15) is 0 Å². The molecule has 0 radical (unpaired) electrons. The van der Waals surface area contributed by atoms with E-state index in [0.29, 0.717) is 20.6 Å². The minimum Gasteiger partial charge on any atom is -0.350 e. The summed E-state index contributed by atoms with van der Waals surface area (Å²) in [4.78, 5) is 29.2. The Bertz CT molecular complexity index is 1250. The van der Waals surface area contributed by atoms with Gasteiger partial charge < -0.3 is 5.32 Å². The number of rotatable bonds is 5. The summed E-state index contributed by atoms with van der Waals surface area (Å²) in [5.41, 5.74) is 4.39. The van der Waals surface area contributed by atoms with Gasteiger partial charge in [0.05, 0.1) is 5.69 Å². The van der Waals surface area contributed by atoms with E-state index in [0.717, 1.165) is 32.2 Å². The molecule has 0 bridgehead atoms. The smallest absolute Gasteiger partial charge is 0.283 e. The number of hydrogen-bond donors (Lipinski definition) is 1. The highest BCUT2D eigenvalue weighted by molar-refractivity contribution is 8.04. The lowest BCUT2D eigenvalue weighted by molar-refractivity contribution is -0.120. The van der Waals surface area contributed by atoms with Gasteiger partial charge in [0.1, 0.15) is 10.6 Å². The third kappa shape index (κ3) is 4.56. The number of nitrogens with one attached hydrogen (secondary N) is 1. The van der Waals surface area contributed by atoms with Crippen molar-refractivity contribution >= 4 is 58.2 Å². The number of halogens is 2. The first-order valence-electron chi connectivity index (χ1n) is 9.91. The van der Waals surface area contributed by atoms with Crippen molar-refractivity contribution in [1.82, 2.24) is 0 Å². The number of hydrogen-bond acceptors (Lipinski definition) is 4. The van der Waals surface area contributed by atoms with E-state index in [1.54, 1.807) is 30.3 Å². The second kappa shape index (κ2) is 9.02. The van der Waals surface area contributed by atoms with Crippen LogP contribution in [0.3, 0.4) is 0 Å². The zero-order chi connectivity index (χ0) is 23.0. The topological polar surface area (TPSA) is 49.4 Å². The van der Waals surface area contributed by atoms with Crippen molar-refractivity contribution in [3.8, 4) is 0 Å². The first kappa shape index (κ1) is 22.5. The molecule has 1 aliphatic heterocycles. The summed E-state index contributed by atoms with van der Waals surface area (Å²) in [6.07, 6.45) is 0. The monoisotopic (exact) mass is 482 g/mol. The van der Waals surface area contributed by atoms with Crippen LogP contribution in [0, 0.1) is 20.8 Å². The highest BCUT2D eigenvalue weighted by Crippen LogP contribution is 2.39. The highest BCUT2D eigenvalue weighted by atomic mass is 35.5. The molecule has 0 saturated heterocycles. The molecular formula is C25H20Cl2N2O2S. The predicted octanol–water partition coefficient (Wildman–Crippen LogP) is 6.91. The average molecular weight is 483 g/mol. The molecule has 0 fully saturated rings. The van der Waals surface area contributed by atoms with E-state index >= 15 is 0 Å². The molecule has 0 aliphatic carbocycles. The molecule has 1 N–H and O–H groups in total. The Hall–Kier alpha value is -2.73. The van der Waals surface area contributed by atoms with E-state index in [-0.39, 0.29) is 5.70 Å². The van der Waals surface area contributed by atoms with Crippen LogP contribution in [0.15, 0.2) is 76.2 Å². The number of aryl methyl sites for hydroxylation is 3. The van der Waals surface area contributed by atoms with Gasteiger partial charge in [0.15, 0.2) is 0 Å². The van der Waals surface area contributed by atoms with E-state index in [1.807, 2.05) is 51.1 Å². The van der Waals surface area contributed by atoms with Gasteiger partial charge in [0.2, 0.25) is 0 Å². The zero-order valence-electron chi connectivity index (χ0n) is 17.7. The number of anilines is 2. The molecule has 7 heteroatoms. The Morgan fingerprint density at radius 2 is 1.47 bits per heavy atom. The van der Waals surface area contributed by atoms with E-state index < -0.39 is 11.8 Å².